The molecule has 0 saturated carbocycles. The van der Waals surface area contributed by atoms with Crippen LogP contribution in [0.3, 0.4) is 0 Å². The number of hydrogen-bond acceptors (Lipinski definition) is 4. The Morgan fingerprint density at radius 1 is 1.06 bits per heavy atom. The van der Waals surface area contributed by atoms with Gasteiger partial charge in [-0.3, -0.25) is 4.99 Å². The first kappa shape index (κ1) is 20.8. The lowest BCUT2D eigenvalue weighted by Gasteiger charge is -2.14. The van der Waals surface area contributed by atoms with Gasteiger partial charge in [0.25, 0.3) is 0 Å². The lowest BCUT2D eigenvalue weighted by molar-refractivity contribution is 0.797. The molecule has 0 spiro atoms. The molecule has 0 aliphatic carbocycles. The van der Waals surface area contributed by atoms with Crippen LogP contribution in [0.25, 0.3) is 11.1 Å². The van der Waals surface area contributed by atoms with Gasteiger partial charge in [0, 0.05) is 43.6 Å². The standard InChI is InChI=1S/C24H26N6S/c1-18-13-27-23(31-18)15-29-24(25-2)28-14-21-5-3-4-6-22(21)20-9-7-19(8-10-20)16-30-12-11-26-17-30/h3-13,17H,14-16H2,1-2H3,(H2,25,28,29). The quantitative estimate of drug-likeness (QED) is 0.340. The summed E-state index contributed by atoms with van der Waals surface area (Å²) in [6.45, 7) is 4.24. The Hall–Kier alpha value is -3.45. The van der Waals surface area contributed by atoms with Crippen molar-refractivity contribution in [1.82, 2.24) is 25.2 Å². The minimum Gasteiger partial charge on any atom is -0.352 e. The van der Waals surface area contributed by atoms with Gasteiger partial charge in [-0.15, -0.1) is 11.3 Å². The summed E-state index contributed by atoms with van der Waals surface area (Å²) in [5.41, 5.74) is 4.89. The maximum atomic E-state index is 4.39. The minimum absolute atomic E-state index is 0.665. The largest absolute Gasteiger partial charge is 0.352 e. The number of benzene rings is 2. The number of thiazole rings is 1. The van der Waals surface area contributed by atoms with Crippen LogP contribution in [0.5, 0.6) is 0 Å². The second-order valence-corrected chi connectivity index (χ2v) is 8.55. The molecule has 2 aromatic heterocycles. The Bertz CT molecular complexity index is 1130. The molecular formula is C24H26N6S. The summed E-state index contributed by atoms with van der Waals surface area (Å²) in [4.78, 5) is 14.1. The third-order valence-corrected chi connectivity index (χ3v) is 5.87. The maximum absolute atomic E-state index is 4.39. The van der Waals surface area contributed by atoms with Crippen LogP contribution in [-0.4, -0.2) is 27.5 Å². The molecule has 0 saturated heterocycles. The van der Waals surface area contributed by atoms with E-state index in [0.29, 0.717) is 13.1 Å². The average molecular weight is 431 g/mol. The SMILES string of the molecule is CN=C(NCc1ncc(C)s1)NCc1ccccc1-c1ccc(Cn2ccnc2)cc1. The molecule has 0 amide bonds. The number of rotatable bonds is 7. The van der Waals surface area contributed by atoms with Gasteiger partial charge in [0.1, 0.15) is 5.01 Å². The average Bonchev–Trinajstić information content (AvgIpc) is 3.46. The Balaban J connectivity index is 1.40. The summed E-state index contributed by atoms with van der Waals surface area (Å²) in [7, 11) is 1.79. The maximum Gasteiger partial charge on any atom is 0.191 e. The number of aliphatic imine (C=N–C) groups is 1. The molecule has 0 aliphatic rings. The summed E-state index contributed by atoms with van der Waals surface area (Å²) in [6.07, 6.45) is 7.52. The highest BCUT2D eigenvalue weighted by Crippen LogP contribution is 2.24. The van der Waals surface area contributed by atoms with Crippen molar-refractivity contribution >= 4 is 17.3 Å². The van der Waals surface area contributed by atoms with Gasteiger partial charge < -0.3 is 15.2 Å². The van der Waals surface area contributed by atoms with Crippen LogP contribution in [0.15, 0.2) is 78.4 Å². The molecule has 0 fully saturated rings. The monoisotopic (exact) mass is 430 g/mol. The van der Waals surface area contributed by atoms with Crippen LogP contribution in [0, 0.1) is 6.92 Å². The van der Waals surface area contributed by atoms with Gasteiger partial charge in [0.15, 0.2) is 5.96 Å². The fourth-order valence-corrected chi connectivity index (χ4v) is 4.11. The number of aryl methyl sites for hydroxylation is 1. The Morgan fingerprint density at radius 3 is 2.58 bits per heavy atom. The topological polar surface area (TPSA) is 67.1 Å². The van der Waals surface area contributed by atoms with E-state index < -0.39 is 0 Å². The molecule has 2 aromatic carbocycles. The van der Waals surface area contributed by atoms with E-state index in [-0.39, 0.29) is 0 Å². The predicted octanol–water partition coefficient (Wildman–Crippen LogP) is 4.23. The zero-order valence-electron chi connectivity index (χ0n) is 17.7. The summed E-state index contributed by atoms with van der Waals surface area (Å²) < 4.78 is 2.07. The number of hydrogen-bond donors (Lipinski definition) is 2. The number of aromatic nitrogens is 3. The summed E-state index contributed by atoms with van der Waals surface area (Å²) in [6, 6.07) is 17.2. The van der Waals surface area contributed by atoms with E-state index in [0.717, 1.165) is 17.5 Å². The van der Waals surface area contributed by atoms with Crippen molar-refractivity contribution in [3.63, 3.8) is 0 Å². The molecule has 2 heterocycles. The second kappa shape index (κ2) is 10.0. The molecule has 6 nitrogen and oxygen atoms in total. The first-order valence-electron chi connectivity index (χ1n) is 10.2. The van der Waals surface area contributed by atoms with Crippen LogP contribution >= 0.6 is 11.3 Å². The lowest BCUT2D eigenvalue weighted by atomic mass is 9.98. The molecule has 0 aliphatic heterocycles. The first-order valence-corrected chi connectivity index (χ1v) is 11.0. The third kappa shape index (κ3) is 5.58. The van der Waals surface area contributed by atoms with Crippen LogP contribution in [-0.2, 0) is 19.6 Å². The van der Waals surface area contributed by atoms with E-state index in [1.807, 2.05) is 18.7 Å². The Kier molecular flexibility index (Phi) is 6.74. The van der Waals surface area contributed by atoms with E-state index in [1.165, 1.54) is 27.1 Å². The lowest BCUT2D eigenvalue weighted by Crippen LogP contribution is -2.36. The highest BCUT2D eigenvalue weighted by Gasteiger charge is 2.07. The second-order valence-electron chi connectivity index (χ2n) is 7.23. The number of guanidine groups is 1. The molecule has 31 heavy (non-hydrogen) atoms. The van der Waals surface area contributed by atoms with E-state index in [4.69, 9.17) is 0 Å². The molecule has 2 N–H and O–H groups in total. The van der Waals surface area contributed by atoms with Gasteiger partial charge in [-0.2, -0.15) is 0 Å². The number of imidazole rings is 1. The van der Waals surface area contributed by atoms with Crippen molar-refractivity contribution < 1.29 is 0 Å². The molecule has 0 atom stereocenters. The Morgan fingerprint density at radius 2 is 1.87 bits per heavy atom. The third-order valence-electron chi connectivity index (χ3n) is 4.95. The van der Waals surface area contributed by atoms with Crippen LogP contribution < -0.4 is 10.6 Å². The van der Waals surface area contributed by atoms with Crippen molar-refractivity contribution in [3.05, 3.63) is 94.5 Å². The number of nitrogens with one attached hydrogen (secondary N) is 2. The van der Waals surface area contributed by atoms with Crippen molar-refractivity contribution in [1.29, 1.82) is 0 Å². The van der Waals surface area contributed by atoms with E-state index >= 15 is 0 Å². The van der Waals surface area contributed by atoms with E-state index in [2.05, 4.69) is 85.6 Å². The molecule has 158 valence electrons. The fraction of sp³-hybridized carbons (Fsp3) is 0.208. The minimum atomic E-state index is 0.665. The van der Waals surface area contributed by atoms with Gasteiger partial charge in [0.2, 0.25) is 0 Å². The van der Waals surface area contributed by atoms with Crippen molar-refractivity contribution in [2.45, 2.75) is 26.6 Å². The van der Waals surface area contributed by atoms with Crippen molar-refractivity contribution in [2.24, 2.45) is 4.99 Å². The molecular weight excluding hydrogens is 404 g/mol. The highest BCUT2D eigenvalue weighted by atomic mass is 32.1. The number of nitrogens with zero attached hydrogens (tertiary/aromatic N) is 4. The molecule has 7 heteroatoms. The molecule has 0 unspecified atom stereocenters. The molecule has 4 rings (SSSR count). The van der Waals surface area contributed by atoms with E-state index in [9.17, 15) is 0 Å². The molecule has 4 aromatic rings. The normalized spacial score (nSPS) is 11.5. The predicted molar refractivity (Wildman–Crippen MR) is 127 cm³/mol. The van der Waals surface area contributed by atoms with Gasteiger partial charge in [0.05, 0.1) is 12.9 Å². The summed E-state index contributed by atoms with van der Waals surface area (Å²) >= 11 is 1.70. The van der Waals surface area contributed by atoms with Gasteiger partial charge in [-0.1, -0.05) is 48.5 Å². The smallest absolute Gasteiger partial charge is 0.191 e. The van der Waals surface area contributed by atoms with Crippen LogP contribution in [0.4, 0.5) is 0 Å². The van der Waals surface area contributed by atoms with Crippen LogP contribution in [0.2, 0.25) is 0 Å². The fourth-order valence-electron chi connectivity index (χ4n) is 3.38. The van der Waals surface area contributed by atoms with Gasteiger partial charge in [-0.25, -0.2) is 9.97 Å². The first-order chi connectivity index (χ1) is 15.2. The zero-order chi connectivity index (χ0) is 21.5. The summed E-state index contributed by atoms with van der Waals surface area (Å²) in [5, 5.41) is 7.81. The van der Waals surface area contributed by atoms with Gasteiger partial charge in [-0.05, 0) is 29.2 Å². The van der Waals surface area contributed by atoms with E-state index in [1.54, 1.807) is 24.6 Å². The Labute approximate surface area is 186 Å². The van der Waals surface area contributed by atoms with Crippen LogP contribution in [0.1, 0.15) is 21.0 Å². The molecule has 0 radical (unpaired) electrons. The van der Waals surface area contributed by atoms with Gasteiger partial charge >= 0.3 is 0 Å². The molecule has 0 bridgehead atoms. The zero-order valence-corrected chi connectivity index (χ0v) is 18.6. The van der Waals surface area contributed by atoms with Crippen molar-refractivity contribution in [2.75, 3.05) is 7.05 Å². The van der Waals surface area contributed by atoms with Crippen molar-refractivity contribution in [3.8, 4) is 11.1 Å². The highest BCUT2D eigenvalue weighted by molar-refractivity contribution is 7.11. The summed E-state index contributed by atoms with van der Waals surface area (Å²) in [5.74, 6) is 0.762.